The zero-order valence-corrected chi connectivity index (χ0v) is 46.8. The standard InChI is InChI=1S/C63H85N5O10/c1-7-8-18-55(59(71)65-47-22-19-45(20-23-47)41-77-61(73)78-49-26-24-48(25-27-49)68(74)75)67-60(72)56(39-44-16-10-9-11-17-44)66-58(70)32-31-57(69)64-37-13-38-76-50-33-35-62(5)46(40-50)21-28-51-53-30-29-52(43(4)15-12-14-42(2)3)63(53,6)36-34-54(51)62/h9-11,16-17,19-27,42,50-56H,4,7-8,12-15,18,28-41H2,1-3,5-6H3,(H,64,69)(H,65,71)(H,66,70)(H,67,72)/t50-,51-,52+,53-,54-,55-,56-,62-,63+/m0/s1. The molecule has 0 bridgehead atoms. The van der Waals surface area contributed by atoms with Crippen LogP contribution in [0.15, 0.2) is 103 Å². The average molecular weight is 1070 g/mol. The van der Waals surface area contributed by atoms with Crippen molar-refractivity contribution in [2.24, 2.45) is 40.4 Å². The van der Waals surface area contributed by atoms with Crippen LogP contribution in [0.2, 0.25) is 0 Å². The number of anilines is 1. The number of non-ortho nitro benzene ring substituents is 1. The number of benzene rings is 3. The van der Waals surface area contributed by atoms with Gasteiger partial charge in [-0.05, 0) is 153 Å². The fourth-order valence-corrected chi connectivity index (χ4v) is 13.3. The molecule has 3 saturated carbocycles. The second-order valence-electron chi connectivity index (χ2n) is 23.4. The third kappa shape index (κ3) is 15.9. The van der Waals surface area contributed by atoms with Crippen LogP contribution in [0.1, 0.15) is 155 Å². The molecule has 7 rings (SSSR count). The van der Waals surface area contributed by atoms with E-state index in [0.29, 0.717) is 55.0 Å². The fourth-order valence-electron chi connectivity index (χ4n) is 13.3. The van der Waals surface area contributed by atoms with Crippen LogP contribution in [0.25, 0.3) is 0 Å². The second kappa shape index (κ2) is 28.0. The highest BCUT2D eigenvalue weighted by Crippen LogP contribution is 2.67. The van der Waals surface area contributed by atoms with Gasteiger partial charge in [-0.1, -0.05) is 120 Å². The number of fused-ring (bicyclic) bond motifs is 5. The Bertz CT molecular complexity index is 2570. The molecule has 3 aromatic rings. The van der Waals surface area contributed by atoms with Crippen molar-refractivity contribution in [2.45, 2.75) is 175 Å². The van der Waals surface area contributed by atoms with Crippen LogP contribution < -0.4 is 26.0 Å². The lowest BCUT2D eigenvalue weighted by atomic mass is 9.47. The molecule has 4 amide bonds. The molecule has 4 aliphatic rings. The highest BCUT2D eigenvalue weighted by atomic mass is 16.7. The molecule has 78 heavy (non-hydrogen) atoms. The number of nitrogens with one attached hydrogen (secondary N) is 4. The maximum Gasteiger partial charge on any atom is 0.514 e. The topological polar surface area (TPSA) is 204 Å². The fraction of sp³-hybridized carbons (Fsp3) is 0.571. The lowest BCUT2D eigenvalue weighted by Crippen LogP contribution is -2.53. The Labute approximate surface area is 462 Å². The van der Waals surface area contributed by atoms with Crippen LogP contribution in [0.5, 0.6) is 5.75 Å². The Morgan fingerprint density at radius 3 is 2.24 bits per heavy atom. The van der Waals surface area contributed by atoms with Gasteiger partial charge in [-0.3, -0.25) is 29.3 Å². The molecule has 0 radical (unpaired) electrons. The van der Waals surface area contributed by atoms with E-state index < -0.39 is 40.9 Å². The predicted octanol–water partition coefficient (Wildman–Crippen LogP) is 12.3. The van der Waals surface area contributed by atoms with Gasteiger partial charge < -0.3 is 35.5 Å². The first-order valence-electron chi connectivity index (χ1n) is 28.8. The number of nitro groups is 1. The van der Waals surface area contributed by atoms with Crippen molar-refractivity contribution in [3.8, 4) is 5.75 Å². The highest BCUT2D eigenvalue weighted by Gasteiger charge is 2.59. The molecule has 0 spiro atoms. The van der Waals surface area contributed by atoms with Crippen LogP contribution in [0, 0.1) is 50.5 Å². The van der Waals surface area contributed by atoms with Gasteiger partial charge in [-0.2, -0.15) is 0 Å². The lowest BCUT2D eigenvalue weighted by molar-refractivity contribution is -0.384. The zero-order valence-electron chi connectivity index (χ0n) is 46.8. The largest absolute Gasteiger partial charge is 0.514 e. The average Bonchev–Trinajstić information content (AvgIpc) is 3.83. The molecule has 0 unspecified atom stereocenters. The minimum absolute atomic E-state index is 0.0453. The third-order valence-corrected chi connectivity index (χ3v) is 17.6. The minimum atomic E-state index is -1.01. The van der Waals surface area contributed by atoms with Crippen LogP contribution in [0.3, 0.4) is 0 Å². The first-order valence-corrected chi connectivity index (χ1v) is 28.8. The Morgan fingerprint density at radius 1 is 0.782 bits per heavy atom. The summed E-state index contributed by atoms with van der Waals surface area (Å²) in [6, 6.07) is 18.9. The number of allylic oxidation sites excluding steroid dienone is 2. The number of rotatable bonds is 27. The summed E-state index contributed by atoms with van der Waals surface area (Å²) in [5.41, 5.74) is 5.47. The van der Waals surface area contributed by atoms with E-state index in [4.69, 9.17) is 14.2 Å². The van der Waals surface area contributed by atoms with Crippen molar-refractivity contribution in [3.63, 3.8) is 0 Å². The summed E-state index contributed by atoms with van der Waals surface area (Å²) in [4.78, 5) is 76.5. The number of hydrogen-bond donors (Lipinski definition) is 4. The third-order valence-electron chi connectivity index (χ3n) is 17.6. The number of carbonyl (C=O) groups excluding carboxylic acids is 5. The molecule has 3 fully saturated rings. The molecule has 9 atom stereocenters. The van der Waals surface area contributed by atoms with Crippen LogP contribution in [-0.4, -0.2) is 66.0 Å². The predicted molar refractivity (Wildman–Crippen MR) is 302 cm³/mol. The Hall–Kier alpha value is -6.35. The summed E-state index contributed by atoms with van der Waals surface area (Å²) in [6.45, 7) is 17.3. The number of nitro benzene ring substituents is 1. The maximum atomic E-state index is 14.0. The van der Waals surface area contributed by atoms with E-state index in [1.165, 1.54) is 81.2 Å². The van der Waals surface area contributed by atoms with Gasteiger partial charge in [0.05, 0.1) is 11.0 Å². The van der Waals surface area contributed by atoms with Gasteiger partial charge in [0, 0.05) is 50.2 Å². The van der Waals surface area contributed by atoms with E-state index in [2.05, 4.69) is 61.6 Å². The molecular formula is C63H85N5O10. The molecule has 4 aliphatic carbocycles. The van der Waals surface area contributed by atoms with Gasteiger partial charge >= 0.3 is 6.16 Å². The molecular weight excluding hydrogens is 987 g/mol. The molecule has 3 aromatic carbocycles. The Morgan fingerprint density at radius 2 is 1.53 bits per heavy atom. The van der Waals surface area contributed by atoms with E-state index >= 15 is 0 Å². The molecule has 0 aliphatic heterocycles. The molecule has 4 N–H and O–H groups in total. The summed E-state index contributed by atoms with van der Waals surface area (Å²) >= 11 is 0. The number of unbranched alkanes of at least 4 members (excludes halogenated alkanes) is 1. The Kier molecular flexibility index (Phi) is 21.3. The van der Waals surface area contributed by atoms with Gasteiger partial charge in [-0.15, -0.1) is 0 Å². The first-order chi connectivity index (χ1) is 37.4. The molecule has 422 valence electrons. The molecule has 0 aromatic heterocycles. The smallest absolute Gasteiger partial charge is 0.429 e. The van der Waals surface area contributed by atoms with Crippen molar-refractivity contribution < 1.29 is 43.1 Å². The van der Waals surface area contributed by atoms with Gasteiger partial charge in [-0.25, -0.2) is 4.79 Å². The molecule has 15 nitrogen and oxygen atoms in total. The zero-order chi connectivity index (χ0) is 55.8. The van der Waals surface area contributed by atoms with Gasteiger partial charge in [0.2, 0.25) is 23.6 Å². The van der Waals surface area contributed by atoms with E-state index in [1.807, 2.05) is 37.3 Å². The van der Waals surface area contributed by atoms with Crippen LogP contribution in [0.4, 0.5) is 16.2 Å². The van der Waals surface area contributed by atoms with E-state index in [0.717, 1.165) is 54.9 Å². The summed E-state index contributed by atoms with van der Waals surface area (Å²) in [7, 11) is 0. The van der Waals surface area contributed by atoms with Crippen molar-refractivity contribution in [1.29, 1.82) is 0 Å². The first kappa shape index (κ1) is 59.3. The molecule has 0 saturated heterocycles. The van der Waals surface area contributed by atoms with Gasteiger partial charge in [0.15, 0.2) is 0 Å². The number of amides is 4. The number of ether oxygens (including phenoxy) is 3. The van der Waals surface area contributed by atoms with E-state index in [9.17, 15) is 34.1 Å². The lowest BCUT2D eigenvalue weighted by Gasteiger charge is -2.58. The number of nitrogens with zero attached hydrogens (tertiary/aromatic N) is 1. The maximum absolute atomic E-state index is 14.0. The quantitative estimate of drug-likeness (QED) is 0.0142. The summed E-state index contributed by atoms with van der Waals surface area (Å²) in [5.74, 6) is 2.12. The van der Waals surface area contributed by atoms with E-state index in [1.54, 1.807) is 29.8 Å². The summed E-state index contributed by atoms with van der Waals surface area (Å²) in [5, 5.41) is 22.4. The van der Waals surface area contributed by atoms with Crippen molar-refractivity contribution in [2.75, 3.05) is 18.5 Å². The normalized spacial score (nSPS) is 24.0. The number of hydrogen-bond acceptors (Lipinski definition) is 10. The van der Waals surface area contributed by atoms with Crippen LogP contribution >= 0.6 is 0 Å². The van der Waals surface area contributed by atoms with Crippen molar-refractivity contribution in [1.82, 2.24) is 16.0 Å². The summed E-state index contributed by atoms with van der Waals surface area (Å²) in [6.07, 6.45) is 17.7. The van der Waals surface area contributed by atoms with Gasteiger partial charge in [0.25, 0.3) is 5.69 Å². The van der Waals surface area contributed by atoms with Gasteiger partial charge in [0.1, 0.15) is 24.4 Å². The van der Waals surface area contributed by atoms with Crippen molar-refractivity contribution in [3.05, 3.63) is 124 Å². The summed E-state index contributed by atoms with van der Waals surface area (Å²) < 4.78 is 16.7. The van der Waals surface area contributed by atoms with Crippen LogP contribution in [-0.2, 0) is 41.7 Å². The van der Waals surface area contributed by atoms with E-state index in [-0.39, 0.29) is 54.7 Å². The monoisotopic (exact) mass is 1070 g/mol. The van der Waals surface area contributed by atoms with Crippen molar-refractivity contribution >= 4 is 41.2 Å². The SMILES string of the molecule is C=C(CCCC(C)C)[C@H]1CC[C@H]2[C@@H]3CC=C4C[C@@H](OCCCNC(=O)CCC(=O)N[C@@H](Cc5ccccc5)C(=O)N[C@@H](CCCC)C(=O)Nc5ccc(COC(=O)Oc6ccc([N+](=O)[O-])cc6)cc5)CC[C@]4(C)[C@H]3CC[C@]12C. The second-order valence-corrected chi connectivity index (χ2v) is 23.4. The molecule has 0 heterocycles. The number of carbonyl (C=O) groups is 5. The highest BCUT2D eigenvalue weighted by molar-refractivity contribution is 5.98. The Balaban J connectivity index is 0.824. The molecule has 15 heteroatoms. The minimum Gasteiger partial charge on any atom is -0.429 e.